The minimum Gasteiger partial charge on any atom is -0.315 e. The second kappa shape index (κ2) is 4.37. The van der Waals surface area contributed by atoms with Gasteiger partial charge in [-0.2, -0.15) is 0 Å². The van der Waals surface area contributed by atoms with E-state index in [2.05, 4.69) is 35.8 Å². The summed E-state index contributed by atoms with van der Waals surface area (Å²) in [5.41, 5.74) is 3.48. The molecule has 1 amide bonds. The van der Waals surface area contributed by atoms with E-state index in [9.17, 15) is 4.79 Å². The number of anilines is 1. The first-order valence-corrected chi connectivity index (χ1v) is 6.53. The molecule has 4 nitrogen and oxygen atoms in total. The molecular weight excluding hydrogens is 226 g/mol. The first kappa shape index (κ1) is 11.7. The van der Waals surface area contributed by atoms with Gasteiger partial charge in [-0.25, -0.2) is 0 Å². The summed E-state index contributed by atoms with van der Waals surface area (Å²) >= 11 is 0. The van der Waals surface area contributed by atoms with Gasteiger partial charge in [0.1, 0.15) is 0 Å². The third kappa shape index (κ3) is 1.82. The lowest BCUT2D eigenvalue weighted by Gasteiger charge is -2.32. The molecule has 0 bridgehead atoms. The lowest BCUT2D eigenvalue weighted by atomic mass is 9.96. The summed E-state index contributed by atoms with van der Waals surface area (Å²) in [6.45, 7) is 4.20. The molecule has 2 heterocycles. The number of carbonyl (C=O) groups excluding carboxylic acids is 1. The molecule has 1 aromatic carbocycles. The monoisotopic (exact) mass is 245 g/mol. The van der Waals surface area contributed by atoms with Crippen molar-refractivity contribution in [3.8, 4) is 0 Å². The van der Waals surface area contributed by atoms with Crippen molar-refractivity contribution in [1.29, 1.82) is 0 Å². The average molecular weight is 245 g/mol. The van der Waals surface area contributed by atoms with E-state index in [0.29, 0.717) is 18.5 Å². The quantitative estimate of drug-likeness (QED) is 0.770. The van der Waals surface area contributed by atoms with E-state index in [-0.39, 0.29) is 5.91 Å². The van der Waals surface area contributed by atoms with Crippen LogP contribution in [-0.2, 0) is 11.2 Å². The molecule has 2 atom stereocenters. The van der Waals surface area contributed by atoms with Crippen LogP contribution in [-0.4, -0.2) is 32.1 Å². The predicted molar refractivity (Wildman–Crippen MR) is 71.8 cm³/mol. The molecule has 0 radical (unpaired) electrons. The summed E-state index contributed by atoms with van der Waals surface area (Å²) in [6.07, 6.45) is 0.536. The number of likely N-dealkylation sites (N-methyl/N-ethyl adjacent to an activating group) is 1. The second-order valence-electron chi connectivity index (χ2n) is 5.19. The van der Waals surface area contributed by atoms with Gasteiger partial charge in [0.2, 0.25) is 5.91 Å². The Morgan fingerprint density at radius 2 is 2.06 bits per heavy atom. The van der Waals surface area contributed by atoms with Crippen LogP contribution >= 0.6 is 0 Å². The molecule has 4 heteroatoms. The molecule has 96 valence electrons. The smallest absolute Gasteiger partial charge is 0.231 e. The molecule has 2 aliphatic rings. The molecule has 2 N–H and O–H groups in total. The largest absolute Gasteiger partial charge is 0.315 e. The number of fused-ring (bicyclic) bond motifs is 1. The molecular formula is C14H19N3O. The summed E-state index contributed by atoms with van der Waals surface area (Å²) in [5, 5.41) is 7.01. The van der Waals surface area contributed by atoms with Gasteiger partial charge in [-0.1, -0.05) is 12.1 Å². The summed E-state index contributed by atoms with van der Waals surface area (Å²) < 4.78 is 0. The van der Waals surface area contributed by atoms with Gasteiger partial charge in [-0.3, -0.25) is 4.79 Å². The lowest BCUT2D eigenvalue weighted by molar-refractivity contribution is -0.117. The lowest BCUT2D eigenvalue weighted by Crippen LogP contribution is -2.49. The van der Waals surface area contributed by atoms with Crippen LogP contribution in [0.3, 0.4) is 0 Å². The van der Waals surface area contributed by atoms with Gasteiger partial charge in [0, 0.05) is 37.9 Å². The Morgan fingerprint density at radius 1 is 1.28 bits per heavy atom. The van der Waals surface area contributed by atoms with Crippen molar-refractivity contribution in [2.24, 2.45) is 0 Å². The SMILES string of the molecule is CC1NCCNC1c1ccc2c(c1)CC(=O)N2C. The first-order valence-electron chi connectivity index (χ1n) is 6.53. The fourth-order valence-electron chi connectivity index (χ4n) is 2.91. The molecule has 2 aliphatic heterocycles. The van der Waals surface area contributed by atoms with E-state index < -0.39 is 0 Å². The maximum Gasteiger partial charge on any atom is 0.231 e. The number of piperazine rings is 1. The van der Waals surface area contributed by atoms with Crippen LogP contribution in [0, 0.1) is 0 Å². The van der Waals surface area contributed by atoms with Crippen molar-refractivity contribution in [3.05, 3.63) is 29.3 Å². The minimum atomic E-state index is 0.185. The number of benzene rings is 1. The number of hydrogen-bond donors (Lipinski definition) is 2. The van der Waals surface area contributed by atoms with Gasteiger partial charge in [0.05, 0.1) is 6.42 Å². The van der Waals surface area contributed by atoms with Crippen LogP contribution in [0.5, 0.6) is 0 Å². The van der Waals surface area contributed by atoms with Crippen molar-refractivity contribution in [1.82, 2.24) is 10.6 Å². The van der Waals surface area contributed by atoms with Gasteiger partial charge in [-0.05, 0) is 24.1 Å². The van der Waals surface area contributed by atoms with Crippen molar-refractivity contribution < 1.29 is 4.79 Å². The molecule has 0 aromatic heterocycles. The molecule has 0 spiro atoms. The highest BCUT2D eigenvalue weighted by atomic mass is 16.2. The highest BCUT2D eigenvalue weighted by molar-refractivity contribution is 6.00. The normalized spacial score (nSPS) is 27.4. The number of hydrogen-bond acceptors (Lipinski definition) is 3. The Morgan fingerprint density at radius 3 is 2.83 bits per heavy atom. The van der Waals surface area contributed by atoms with Crippen molar-refractivity contribution in [2.45, 2.75) is 25.4 Å². The Kier molecular flexibility index (Phi) is 2.84. The van der Waals surface area contributed by atoms with Crippen LogP contribution < -0.4 is 15.5 Å². The Labute approximate surface area is 107 Å². The molecule has 0 saturated carbocycles. The maximum atomic E-state index is 11.7. The minimum absolute atomic E-state index is 0.185. The summed E-state index contributed by atoms with van der Waals surface area (Å²) in [6, 6.07) is 7.14. The third-order valence-electron chi connectivity index (χ3n) is 4.00. The second-order valence-corrected chi connectivity index (χ2v) is 5.19. The van der Waals surface area contributed by atoms with Crippen molar-refractivity contribution >= 4 is 11.6 Å². The Bertz CT molecular complexity index is 486. The van der Waals surface area contributed by atoms with Crippen LogP contribution in [0.15, 0.2) is 18.2 Å². The van der Waals surface area contributed by atoms with Crippen LogP contribution in [0.1, 0.15) is 24.1 Å². The van der Waals surface area contributed by atoms with Gasteiger partial charge in [-0.15, -0.1) is 0 Å². The zero-order valence-corrected chi connectivity index (χ0v) is 10.9. The van der Waals surface area contributed by atoms with Crippen LogP contribution in [0.2, 0.25) is 0 Å². The van der Waals surface area contributed by atoms with Crippen LogP contribution in [0.25, 0.3) is 0 Å². The highest BCUT2D eigenvalue weighted by Gasteiger charge is 2.27. The van der Waals surface area contributed by atoms with Crippen molar-refractivity contribution in [2.75, 3.05) is 25.0 Å². The van der Waals surface area contributed by atoms with Crippen LogP contribution in [0.4, 0.5) is 5.69 Å². The number of rotatable bonds is 1. The van der Waals surface area contributed by atoms with Crippen molar-refractivity contribution in [3.63, 3.8) is 0 Å². The zero-order chi connectivity index (χ0) is 12.7. The molecule has 18 heavy (non-hydrogen) atoms. The number of nitrogens with one attached hydrogen (secondary N) is 2. The van der Waals surface area contributed by atoms with Gasteiger partial charge in [0.25, 0.3) is 0 Å². The molecule has 3 rings (SSSR count). The summed E-state index contributed by atoms with van der Waals surface area (Å²) in [7, 11) is 1.84. The standard InChI is InChI=1S/C14H19N3O/c1-9-14(16-6-5-15-9)10-3-4-12-11(7-10)8-13(18)17(12)2/h3-4,7,9,14-16H,5-6,8H2,1-2H3. The number of amides is 1. The van der Waals surface area contributed by atoms with E-state index in [1.807, 2.05) is 7.05 Å². The third-order valence-corrected chi connectivity index (χ3v) is 4.00. The topological polar surface area (TPSA) is 44.4 Å². The molecule has 1 fully saturated rings. The van der Waals surface area contributed by atoms with Gasteiger partial charge in [0.15, 0.2) is 0 Å². The van der Waals surface area contributed by atoms with Gasteiger partial charge >= 0.3 is 0 Å². The Hall–Kier alpha value is -1.39. The fourth-order valence-corrected chi connectivity index (χ4v) is 2.91. The summed E-state index contributed by atoms with van der Waals surface area (Å²) in [5.74, 6) is 0.185. The predicted octanol–water partition coefficient (Wildman–Crippen LogP) is 0.828. The maximum absolute atomic E-state index is 11.7. The fraction of sp³-hybridized carbons (Fsp3) is 0.500. The molecule has 1 aromatic rings. The van der Waals surface area contributed by atoms with E-state index in [4.69, 9.17) is 0 Å². The van der Waals surface area contributed by atoms with Gasteiger partial charge < -0.3 is 15.5 Å². The summed E-state index contributed by atoms with van der Waals surface area (Å²) in [4.78, 5) is 13.4. The van der Waals surface area contributed by atoms with E-state index in [0.717, 1.165) is 24.3 Å². The molecule has 0 aliphatic carbocycles. The zero-order valence-electron chi connectivity index (χ0n) is 10.9. The number of nitrogens with zero attached hydrogens (tertiary/aromatic N) is 1. The number of carbonyl (C=O) groups is 1. The molecule has 2 unspecified atom stereocenters. The highest BCUT2D eigenvalue weighted by Crippen LogP contribution is 2.31. The first-order chi connectivity index (χ1) is 8.66. The van der Waals surface area contributed by atoms with E-state index in [1.165, 1.54) is 5.56 Å². The Balaban J connectivity index is 1.91. The van der Waals surface area contributed by atoms with E-state index >= 15 is 0 Å². The average Bonchev–Trinajstić information content (AvgIpc) is 2.65. The molecule has 1 saturated heterocycles. The van der Waals surface area contributed by atoms with E-state index in [1.54, 1.807) is 4.90 Å².